The van der Waals surface area contributed by atoms with Crippen LogP contribution in [0.3, 0.4) is 0 Å². The normalized spacial score (nSPS) is 10.8. The van der Waals surface area contributed by atoms with Crippen molar-refractivity contribution in [1.29, 1.82) is 0 Å². The second-order valence-corrected chi connectivity index (χ2v) is 7.46. The lowest BCUT2D eigenvalue weighted by Gasteiger charge is -2.16. The van der Waals surface area contributed by atoms with E-state index in [1.165, 1.54) is 27.4 Å². The van der Waals surface area contributed by atoms with E-state index in [0.717, 1.165) is 12.0 Å². The second-order valence-electron chi connectivity index (χ2n) is 7.46. The number of nitrogens with zero attached hydrogens (tertiary/aromatic N) is 1. The fourth-order valence-electron chi connectivity index (χ4n) is 3.37. The number of allylic oxidation sites excluding steroid dienone is 1. The minimum absolute atomic E-state index is 0.216. The van der Waals surface area contributed by atoms with Crippen LogP contribution in [-0.2, 0) is 0 Å². The van der Waals surface area contributed by atoms with Gasteiger partial charge in [-0.25, -0.2) is 0 Å². The largest absolute Gasteiger partial charge is 0.388 e. The Balaban J connectivity index is 0.000000331. The van der Waals surface area contributed by atoms with Crippen LogP contribution in [0.5, 0.6) is 0 Å². The van der Waals surface area contributed by atoms with Crippen molar-refractivity contribution in [3.63, 3.8) is 0 Å². The van der Waals surface area contributed by atoms with Crippen LogP contribution >= 0.6 is 0 Å². The first kappa shape index (κ1) is 27.7. The van der Waals surface area contributed by atoms with Crippen molar-refractivity contribution in [2.24, 2.45) is 5.73 Å². The van der Waals surface area contributed by atoms with Gasteiger partial charge >= 0.3 is 0 Å². The SMILES string of the molecule is C#C/C=C\c1ccc(C(C=C)CN)cc1B(C)CC.CC.CNc1ccc2cnccc2c1. The number of hydrogen-bond donors (Lipinski definition) is 2. The molecule has 0 aliphatic heterocycles. The van der Waals surface area contributed by atoms with E-state index >= 15 is 0 Å². The van der Waals surface area contributed by atoms with Gasteiger partial charge in [0, 0.05) is 43.0 Å². The lowest BCUT2D eigenvalue weighted by Crippen LogP contribution is -2.29. The van der Waals surface area contributed by atoms with Crippen molar-refractivity contribution >= 4 is 34.7 Å². The molecule has 0 aliphatic carbocycles. The number of pyridine rings is 1. The zero-order valence-corrected chi connectivity index (χ0v) is 20.8. The standard InChI is InChI=1S/C17H22BN.C10H10N2.C2H6/c1-5-8-9-15-10-11-16(14(6-2)13-19)12-17(15)18(4)7-3;1-11-10-3-2-9-7-12-5-4-8(9)6-10;1-2/h1,6,8-12,14H,2,7,13,19H2,3-4H3;2-7,11H,1H3;1-2H3/b9-8-;;. The van der Waals surface area contributed by atoms with Crippen molar-refractivity contribution in [2.45, 2.75) is 39.8 Å². The topological polar surface area (TPSA) is 50.9 Å². The monoisotopic (exact) mass is 439 g/mol. The first-order valence-corrected chi connectivity index (χ1v) is 11.7. The van der Waals surface area contributed by atoms with Crippen LogP contribution in [0.15, 0.2) is 73.6 Å². The molecule has 1 heterocycles. The van der Waals surface area contributed by atoms with Crippen LogP contribution in [0.4, 0.5) is 5.69 Å². The number of rotatable bonds is 7. The van der Waals surface area contributed by atoms with Gasteiger partial charge in [-0.05, 0) is 46.9 Å². The van der Waals surface area contributed by atoms with Gasteiger partial charge in [-0.2, -0.15) is 0 Å². The first-order valence-electron chi connectivity index (χ1n) is 11.7. The van der Waals surface area contributed by atoms with Crippen molar-refractivity contribution in [1.82, 2.24) is 4.98 Å². The molecule has 33 heavy (non-hydrogen) atoms. The van der Waals surface area contributed by atoms with Crippen molar-refractivity contribution in [2.75, 3.05) is 18.9 Å². The van der Waals surface area contributed by atoms with E-state index < -0.39 is 0 Å². The summed E-state index contributed by atoms with van der Waals surface area (Å²) in [5, 5.41) is 5.50. The molecule has 0 fully saturated rings. The Labute approximate surface area is 201 Å². The minimum atomic E-state index is 0.216. The van der Waals surface area contributed by atoms with E-state index in [-0.39, 0.29) is 5.92 Å². The molecule has 1 aromatic heterocycles. The van der Waals surface area contributed by atoms with Crippen LogP contribution in [0, 0.1) is 12.3 Å². The van der Waals surface area contributed by atoms with E-state index in [9.17, 15) is 0 Å². The maximum absolute atomic E-state index is 5.78. The molecule has 0 amide bonds. The molecule has 0 saturated heterocycles. The lowest BCUT2D eigenvalue weighted by atomic mass is 9.44. The molecule has 1 atom stereocenters. The number of hydrogen-bond acceptors (Lipinski definition) is 3. The van der Waals surface area contributed by atoms with Crippen molar-refractivity contribution < 1.29 is 0 Å². The summed E-state index contributed by atoms with van der Waals surface area (Å²) >= 11 is 0. The van der Waals surface area contributed by atoms with Crippen LogP contribution < -0.4 is 16.5 Å². The zero-order valence-electron chi connectivity index (χ0n) is 20.8. The van der Waals surface area contributed by atoms with Crippen molar-refractivity contribution in [3.8, 4) is 12.3 Å². The Kier molecular flexibility index (Phi) is 13.0. The Bertz CT molecular complexity index is 1070. The smallest absolute Gasteiger partial charge is 0.173 e. The highest BCUT2D eigenvalue weighted by atomic mass is 14.8. The van der Waals surface area contributed by atoms with E-state index in [0.29, 0.717) is 13.3 Å². The van der Waals surface area contributed by atoms with E-state index in [2.05, 4.69) is 66.9 Å². The zero-order chi connectivity index (χ0) is 24.6. The fourth-order valence-corrected chi connectivity index (χ4v) is 3.37. The highest BCUT2D eigenvalue weighted by Gasteiger charge is 2.14. The fraction of sp³-hybridized carbons (Fsp3) is 0.276. The predicted molar refractivity (Wildman–Crippen MR) is 151 cm³/mol. The Hall–Kier alpha value is -3.29. The maximum Gasteiger partial charge on any atom is 0.173 e. The summed E-state index contributed by atoms with van der Waals surface area (Å²) in [6.45, 7) is 13.4. The highest BCUT2D eigenvalue weighted by molar-refractivity contribution is 6.72. The molecule has 172 valence electrons. The molecule has 2 aromatic carbocycles. The van der Waals surface area contributed by atoms with Gasteiger partial charge in [0.05, 0.1) is 0 Å². The van der Waals surface area contributed by atoms with Crippen LogP contribution in [0.1, 0.15) is 37.8 Å². The van der Waals surface area contributed by atoms with Crippen molar-refractivity contribution in [3.05, 3.63) is 84.7 Å². The lowest BCUT2D eigenvalue weighted by molar-refractivity contribution is 0.852. The van der Waals surface area contributed by atoms with Gasteiger partial charge in [-0.15, -0.1) is 13.0 Å². The summed E-state index contributed by atoms with van der Waals surface area (Å²) in [5.74, 6) is 2.76. The molecule has 0 aliphatic rings. The average Bonchev–Trinajstić information content (AvgIpc) is 2.89. The molecule has 1 unspecified atom stereocenters. The van der Waals surface area contributed by atoms with Gasteiger partial charge in [0.1, 0.15) is 0 Å². The molecular weight excluding hydrogens is 401 g/mol. The molecule has 3 nitrogen and oxygen atoms in total. The third-order valence-electron chi connectivity index (χ3n) is 5.51. The Morgan fingerprint density at radius 2 is 1.94 bits per heavy atom. The average molecular weight is 439 g/mol. The number of nitrogens with two attached hydrogens (primary N) is 1. The highest BCUT2D eigenvalue weighted by Crippen LogP contribution is 2.18. The molecule has 3 rings (SSSR count). The summed E-state index contributed by atoms with van der Waals surface area (Å²) in [6, 6.07) is 14.7. The molecule has 3 N–H and O–H groups in total. The molecule has 4 heteroatoms. The van der Waals surface area contributed by atoms with Gasteiger partial charge in [-0.1, -0.05) is 75.6 Å². The van der Waals surface area contributed by atoms with E-state index in [4.69, 9.17) is 12.2 Å². The third kappa shape index (κ3) is 8.29. The molecule has 0 spiro atoms. The molecule has 0 bridgehead atoms. The third-order valence-corrected chi connectivity index (χ3v) is 5.51. The second kappa shape index (κ2) is 15.5. The summed E-state index contributed by atoms with van der Waals surface area (Å²) < 4.78 is 0. The van der Waals surface area contributed by atoms with Crippen LogP contribution in [-0.4, -0.2) is 25.3 Å². The van der Waals surface area contributed by atoms with Crippen LogP contribution in [0.25, 0.3) is 16.8 Å². The molecule has 3 aromatic rings. The van der Waals surface area contributed by atoms with E-state index in [1.807, 2.05) is 57.6 Å². The van der Waals surface area contributed by atoms with Gasteiger partial charge < -0.3 is 11.1 Å². The summed E-state index contributed by atoms with van der Waals surface area (Å²) in [5.41, 5.74) is 10.7. The number of aromatic nitrogens is 1. The minimum Gasteiger partial charge on any atom is -0.388 e. The first-order chi connectivity index (χ1) is 16.1. The summed E-state index contributed by atoms with van der Waals surface area (Å²) in [7, 11) is 1.92. The van der Waals surface area contributed by atoms with Gasteiger partial charge in [-0.3, -0.25) is 4.98 Å². The number of benzene rings is 2. The Morgan fingerprint density at radius 3 is 2.55 bits per heavy atom. The molecule has 0 saturated carbocycles. The van der Waals surface area contributed by atoms with Gasteiger partial charge in [0.25, 0.3) is 0 Å². The Morgan fingerprint density at radius 1 is 1.18 bits per heavy atom. The predicted octanol–water partition coefficient (Wildman–Crippen LogP) is 6.22. The summed E-state index contributed by atoms with van der Waals surface area (Å²) in [4.78, 5) is 4.05. The number of nitrogens with one attached hydrogen (secondary N) is 1. The molecular formula is C29H38BN3. The van der Waals surface area contributed by atoms with Gasteiger partial charge in [0.2, 0.25) is 0 Å². The summed E-state index contributed by atoms with van der Waals surface area (Å²) in [6.07, 6.45) is 15.7. The van der Waals surface area contributed by atoms with Crippen LogP contribution in [0.2, 0.25) is 13.1 Å². The number of terminal acetylenes is 1. The van der Waals surface area contributed by atoms with Gasteiger partial charge in [0.15, 0.2) is 6.71 Å². The number of fused-ring (bicyclic) bond motifs is 1. The molecule has 0 radical (unpaired) electrons. The maximum atomic E-state index is 5.78. The van der Waals surface area contributed by atoms with E-state index in [1.54, 1.807) is 6.08 Å². The number of anilines is 1. The quantitative estimate of drug-likeness (QED) is 0.261.